The summed E-state index contributed by atoms with van der Waals surface area (Å²) >= 11 is 2.35. The van der Waals surface area contributed by atoms with E-state index in [0.29, 0.717) is 5.75 Å². The Labute approximate surface area is 144 Å². The molecule has 2 atom stereocenters. The van der Waals surface area contributed by atoms with Gasteiger partial charge in [0, 0.05) is 22.1 Å². The molecule has 2 aromatic rings. The number of nitrogens with one attached hydrogen (secondary N) is 1. The van der Waals surface area contributed by atoms with Gasteiger partial charge in [0.05, 0.1) is 11.4 Å². The summed E-state index contributed by atoms with van der Waals surface area (Å²) in [6.45, 7) is 1.92. The van der Waals surface area contributed by atoms with E-state index in [1.165, 1.54) is 11.8 Å². The number of ether oxygens (including phenoxy) is 1. The second-order valence-electron chi connectivity index (χ2n) is 6.09. The highest BCUT2D eigenvalue weighted by molar-refractivity contribution is 7.99. The van der Waals surface area contributed by atoms with Gasteiger partial charge in [-0.1, -0.05) is 29.0 Å². The zero-order valence-electron chi connectivity index (χ0n) is 12.6. The van der Waals surface area contributed by atoms with Gasteiger partial charge in [-0.05, 0) is 13.0 Å². The minimum Gasteiger partial charge on any atom is -0.481 e. The molecule has 0 spiro atoms. The molecular formula is C16H13NO5S2. The Bertz CT molecular complexity index is 931. The summed E-state index contributed by atoms with van der Waals surface area (Å²) in [5.41, 5.74) is 0.557. The number of fused-ring (bicyclic) bond motifs is 5. The summed E-state index contributed by atoms with van der Waals surface area (Å²) in [7, 11) is 0. The number of carbonyl (C=O) groups is 2. The van der Waals surface area contributed by atoms with Crippen molar-refractivity contribution >= 4 is 35.0 Å². The number of aromatic nitrogens is 1. The van der Waals surface area contributed by atoms with Crippen LogP contribution in [0.15, 0.2) is 28.0 Å². The minimum absolute atomic E-state index is 0.202. The molecular weight excluding hydrogens is 350 g/mol. The number of aromatic amines is 1. The molecule has 2 N–H and O–H groups in total. The predicted octanol–water partition coefficient (Wildman–Crippen LogP) is 2.36. The van der Waals surface area contributed by atoms with E-state index in [0.717, 1.165) is 32.4 Å². The lowest BCUT2D eigenvalue weighted by molar-refractivity contribution is -0.154. The fourth-order valence-electron chi connectivity index (χ4n) is 3.46. The smallest absolute Gasteiger partial charge is 0.319 e. The number of H-pyrrole nitrogens is 1. The van der Waals surface area contributed by atoms with Crippen LogP contribution in [0.2, 0.25) is 0 Å². The van der Waals surface area contributed by atoms with E-state index in [1.807, 2.05) is 19.1 Å². The first kappa shape index (κ1) is 15.5. The summed E-state index contributed by atoms with van der Waals surface area (Å²) in [5, 5.41) is 10.1. The lowest BCUT2D eigenvalue weighted by Crippen LogP contribution is -2.48. The van der Waals surface area contributed by atoms with Crippen LogP contribution in [0.1, 0.15) is 28.3 Å². The van der Waals surface area contributed by atoms with Gasteiger partial charge in [0.2, 0.25) is 0 Å². The lowest BCUT2D eigenvalue weighted by atomic mass is 9.68. The average molecular weight is 363 g/mol. The van der Waals surface area contributed by atoms with Crippen molar-refractivity contribution in [3.63, 3.8) is 0 Å². The predicted molar refractivity (Wildman–Crippen MR) is 89.0 cm³/mol. The molecule has 2 aliphatic rings. The third-order valence-corrected chi connectivity index (χ3v) is 6.83. The highest BCUT2D eigenvalue weighted by Crippen LogP contribution is 2.58. The third kappa shape index (κ3) is 2.13. The molecule has 0 bridgehead atoms. The molecule has 0 fully saturated rings. The monoisotopic (exact) mass is 363 g/mol. The molecule has 4 rings (SSSR count). The molecule has 3 heterocycles. The summed E-state index contributed by atoms with van der Waals surface area (Å²) < 4.78 is 5.48. The number of aryl methyl sites for hydroxylation is 1. The Hall–Kier alpha value is -2.06. The van der Waals surface area contributed by atoms with Crippen molar-refractivity contribution < 1.29 is 19.4 Å². The molecule has 0 unspecified atom stereocenters. The molecule has 6 nitrogen and oxygen atoms in total. The van der Waals surface area contributed by atoms with Gasteiger partial charge in [0.15, 0.2) is 0 Å². The summed E-state index contributed by atoms with van der Waals surface area (Å²) in [5.74, 6) is -1.37. The Morgan fingerprint density at radius 2 is 2.25 bits per heavy atom. The van der Waals surface area contributed by atoms with Crippen LogP contribution in [0.4, 0.5) is 0 Å². The first-order valence-corrected chi connectivity index (χ1v) is 9.11. The van der Waals surface area contributed by atoms with Crippen molar-refractivity contribution in [2.45, 2.75) is 24.3 Å². The van der Waals surface area contributed by atoms with E-state index in [2.05, 4.69) is 4.98 Å². The SMILES string of the molecule is Cc1ccc2c(c1)[C@@H]1c3sc(=O)[nH]c3SC[C@@]1(CC(=O)O)C(=O)O2. The molecule has 0 amide bonds. The maximum Gasteiger partial charge on any atom is 0.319 e. The molecule has 0 radical (unpaired) electrons. The maximum absolute atomic E-state index is 12.8. The van der Waals surface area contributed by atoms with Gasteiger partial charge in [0.1, 0.15) is 11.2 Å². The molecule has 8 heteroatoms. The number of benzene rings is 1. The van der Waals surface area contributed by atoms with Crippen molar-refractivity contribution in [1.29, 1.82) is 0 Å². The van der Waals surface area contributed by atoms with Crippen molar-refractivity contribution in [2.75, 3.05) is 5.75 Å². The zero-order chi connectivity index (χ0) is 17.1. The highest BCUT2D eigenvalue weighted by Gasteiger charge is 2.57. The van der Waals surface area contributed by atoms with Crippen LogP contribution in [-0.4, -0.2) is 27.8 Å². The molecule has 0 aliphatic carbocycles. The van der Waals surface area contributed by atoms with Crippen LogP contribution in [0, 0.1) is 12.3 Å². The van der Waals surface area contributed by atoms with Crippen molar-refractivity contribution in [3.8, 4) is 5.75 Å². The quantitative estimate of drug-likeness (QED) is 0.628. The second-order valence-corrected chi connectivity index (χ2v) is 8.09. The fourth-order valence-corrected chi connectivity index (χ4v) is 6.00. The highest BCUT2D eigenvalue weighted by atomic mass is 32.2. The number of carboxylic acid groups (broad SMARTS) is 1. The number of carboxylic acids is 1. The molecule has 24 heavy (non-hydrogen) atoms. The van der Waals surface area contributed by atoms with Gasteiger partial charge in [-0.2, -0.15) is 0 Å². The Kier molecular flexibility index (Phi) is 3.36. The summed E-state index contributed by atoms with van der Waals surface area (Å²) in [6, 6.07) is 5.48. The first-order chi connectivity index (χ1) is 11.4. The Balaban J connectivity index is 2.01. The number of hydrogen-bond acceptors (Lipinski definition) is 6. The number of thiazole rings is 1. The van der Waals surface area contributed by atoms with Gasteiger partial charge in [-0.3, -0.25) is 14.4 Å². The van der Waals surface area contributed by atoms with E-state index >= 15 is 0 Å². The van der Waals surface area contributed by atoms with Crippen LogP contribution in [0.3, 0.4) is 0 Å². The Morgan fingerprint density at radius 3 is 3.00 bits per heavy atom. The van der Waals surface area contributed by atoms with Crippen molar-refractivity contribution in [1.82, 2.24) is 4.98 Å². The third-order valence-electron chi connectivity index (χ3n) is 4.48. The molecule has 1 aromatic heterocycles. The number of aliphatic carboxylic acids is 1. The van der Waals surface area contributed by atoms with E-state index < -0.39 is 23.3 Å². The number of carbonyl (C=O) groups excluding carboxylic acids is 1. The van der Waals surface area contributed by atoms with E-state index in [1.54, 1.807) is 6.07 Å². The molecule has 0 saturated carbocycles. The fraction of sp³-hybridized carbons (Fsp3) is 0.312. The van der Waals surface area contributed by atoms with E-state index in [-0.39, 0.29) is 17.0 Å². The average Bonchev–Trinajstić information content (AvgIpc) is 2.88. The van der Waals surface area contributed by atoms with Gasteiger partial charge < -0.3 is 14.8 Å². The standard InChI is InChI=1S/C16H13NO5S2/c1-7-2-3-9-8(4-7)11-12-13(17-15(21)24-12)23-6-16(11,5-10(18)19)14(20)22-9/h2-4,11H,5-6H2,1H3,(H,17,21)(H,18,19)/t11-,16-/m1/s1. The van der Waals surface area contributed by atoms with Crippen LogP contribution in [0.25, 0.3) is 0 Å². The second kappa shape index (κ2) is 5.22. The van der Waals surface area contributed by atoms with E-state index in [9.17, 15) is 19.5 Å². The number of thioether (sulfide) groups is 1. The normalized spacial score (nSPS) is 24.5. The van der Waals surface area contributed by atoms with Crippen LogP contribution in [0.5, 0.6) is 5.75 Å². The Morgan fingerprint density at radius 1 is 1.46 bits per heavy atom. The minimum atomic E-state index is -1.20. The summed E-state index contributed by atoms with van der Waals surface area (Å²) in [4.78, 5) is 39.4. The molecule has 0 saturated heterocycles. The van der Waals surface area contributed by atoms with Crippen LogP contribution >= 0.6 is 23.1 Å². The van der Waals surface area contributed by atoms with Crippen LogP contribution in [-0.2, 0) is 9.59 Å². The van der Waals surface area contributed by atoms with Gasteiger partial charge in [-0.15, -0.1) is 11.8 Å². The van der Waals surface area contributed by atoms with Gasteiger partial charge in [-0.25, -0.2) is 0 Å². The number of hydrogen-bond donors (Lipinski definition) is 2. The maximum atomic E-state index is 12.8. The van der Waals surface area contributed by atoms with Gasteiger partial charge >= 0.3 is 16.8 Å². The van der Waals surface area contributed by atoms with Crippen LogP contribution < -0.4 is 9.61 Å². The number of esters is 1. The molecule has 1 aromatic carbocycles. The van der Waals surface area contributed by atoms with Crippen molar-refractivity contribution in [3.05, 3.63) is 43.9 Å². The molecule has 124 valence electrons. The topological polar surface area (TPSA) is 96.5 Å². The molecule has 2 aliphatic heterocycles. The summed E-state index contributed by atoms with van der Waals surface area (Å²) in [6.07, 6.45) is -0.331. The van der Waals surface area contributed by atoms with E-state index in [4.69, 9.17) is 4.74 Å². The largest absolute Gasteiger partial charge is 0.481 e. The zero-order valence-corrected chi connectivity index (χ0v) is 14.3. The van der Waals surface area contributed by atoms with Gasteiger partial charge in [0.25, 0.3) is 0 Å². The first-order valence-electron chi connectivity index (χ1n) is 7.31. The van der Waals surface area contributed by atoms with Crippen molar-refractivity contribution in [2.24, 2.45) is 5.41 Å². The lowest BCUT2D eigenvalue weighted by Gasteiger charge is -2.43. The number of rotatable bonds is 2.